The van der Waals surface area contributed by atoms with Gasteiger partial charge in [0.25, 0.3) is 11.8 Å². The summed E-state index contributed by atoms with van der Waals surface area (Å²) < 4.78 is 40.7. The Morgan fingerprint density at radius 1 is 1.06 bits per heavy atom. The van der Waals surface area contributed by atoms with Gasteiger partial charge in [0.15, 0.2) is 11.5 Å². The van der Waals surface area contributed by atoms with Crippen LogP contribution in [-0.2, 0) is 6.18 Å². The zero-order valence-electron chi connectivity index (χ0n) is 17.0. The summed E-state index contributed by atoms with van der Waals surface area (Å²) in [5.41, 5.74) is -2.09. The first-order valence-electron chi connectivity index (χ1n) is 9.28. The number of nitrogens with zero attached hydrogens (tertiary/aromatic N) is 3. The van der Waals surface area contributed by atoms with Crippen molar-refractivity contribution in [3.05, 3.63) is 68.5 Å². The van der Waals surface area contributed by atoms with Crippen molar-refractivity contribution in [3.8, 4) is 5.82 Å². The maximum absolute atomic E-state index is 13.3. The standard InChI is InChI=1S/C20H15Cl3F3N5O2/c1-9(2)28-18(32)11-6-10(21)7-13(23)16(11)29-19(33)14-8-15(20(24,25)26)30-31(14)17-12(22)4-3-5-27-17/h3-9H,1-2H3,(H,28,32)(H,29,33). The number of aromatic nitrogens is 3. The van der Waals surface area contributed by atoms with Gasteiger partial charge in [-0.05, 0) is 38.1 Å². The number of nitrogens with one attached hydrogen (secondary N) is 2. The number of benzene rings is 1. The lowest BCUT2D eigenvalue weighted by molar-refractivity contribution is -0.141. The van der Waals surface area contributed by atoms with Gasteiger partial charge >= 0.3 is 6.18 Å². The molecule has 2 amide bonds. The molecule has 0 aliphatic rings. The normalized spacial score (nSPS) is 11.5. The molecule has 2 aromatic heterocycles. The highest BCUT2D eigenvalue weighted by Gasteiger charge is 2.37. The third-order valence-electron chi connectivity index (χ3n) is 4.13. The fourth-order valence-electron chi connectivity index (χ4n) is 2.77. The number of halogens is 6. The van der Waals surface area contributed by atoms with E-state index in [9.17, 15) is 22.8 Å². The molecule has 0 atom stereocenters. The van der Waals surface area contributed by atoms with Crippen molar-refractivity contribution in [2.75, 3.05) is 5.32 Å². The van der Waals surface area contributed by atoms with Gasteiger partial charge in [-0.1, -0.05) is 34.8 Å². The molecule has 0 aliphatic carbocycles. The van der Waals surface area contributed by atoms with Gasteiger partial charge in [0.05, 0.1) is 21.3 Å². The highest BCUT2D eigenvalue weighted by Crippen LogP contribution is 2.33. The van der Waals surface area contributed by atoms with E-state index in [0.29, 0.717) is 10.7 Å². The monoisotopic (exact) mass is 519 g/mol. The summed E-state index contributed by atoms with van der Waals surface area (Å²) in [5.74, 6) is -1.83. The van der Waals surface area contributed by atoms with E-state index in [-0.39, 0.29) is 38.2 Å². The minimum absolute atomic E-state index is 0.0371. The number of carbonyl (C=O) groups is 2. The predicted octanol–water partition coefficient (Wildman–Crippen LogP) is 5.64. The highest BCUT2D eigenvalue weighted by molar-refractivity contribution is 6.38. The van der Waals surface area contributed by atoms with Crippen LogP contribution < -0.4 is 10.6 Å². The van der Waals surface area contributed by atoms with E-state index in [1.54, 1.807) is 13.8 Å². The number of amides is 2. The molecule has 174 valence electrons. The number of rotatable bonds is 5. The number of pyridine rings is 1. The largest absolute Gasteiger partial charge is 0.435 e. The second kappa shape index (κ2) is 9.58. The molecule has 0 spiro atoms. The molecule has 2 heterocycles. The van der Waals surface area contributed by atoms with Crippen LogP contribution in [0.2, 0.25) is 15.1 Å². The fourth-order valence-corrected chi connectivity index (χ4v) is 3.52. The van der Waals surface area contributed by atoms with Crippen molar-refractivity contribution >= 4 is 52.3 Å². The molecule has 3 aromatic rings. The van der Waals surface area contributed by atoms with E-state index in [1.165, 1.54) is 30.5 Å². The van der Waals surface area contributed by atoms with E-state index in [0.717, 1.165) is 0 Å². The average Bonchev–Trinajstić information content (AvgIpc) is 3.15. The van der Waals surface area contributed by atoms with Crippen molar-refractivity contribution < 1.29 is 22.8 Å². The number of hydrogen-bond acceptors (Lipinski definition) is 4. The van der Waals surface area contributed by atoms with Gasteiger partial charge in [-0.15, -0.1) is 0 Å². The Kier molecular flexibility index (Phi) is 7.20. The molecule has 0 aliphatic heterocycles. The smallest absolute Gasteiger partial charge is 0.350 e. The topological polar surface area (TPSA) is 88.9 Å². The third-order valence-corrected chi connectivity index (χ3v) is 4.94. The molecule has 0 saturated carbocycles. The first-order chi connectivity index (χ1) is 15.4. The summed E-state index contributed by atoms with van der Waals surface area (Å²) in [6.07, 6.45) is -3.57. The molecule has 0 bridgehead atoms. The Bertz CT molecular complexity index is 1230. The number of carbonyl (C=O) groups excluding carboxylic acids is 2. The predicted molar refractivity (Wildman–Crippen MR) is 118 cm³/mol. The van der Waals surface area contributed by atoms with Crippen LogP contribution in [0.5, 0.6) is 0 Å². The van der Waals surface area contributed by atoms with E-state index < -0.39 is 29.4 Å². The van der Waals surface area contributed by atoms with Crippen molar-refractivity contribution in [3.63, 3.8) is 0 Å². The summed E-state index contributed by atoms with van der Waals surface area (Å²) in [6.45, 7) is 3.44. The average molecular weight is 521 g/mol. The lowest BCUT2D eigenvalue weighted by atomic mass is 10.1. The first kappa shape index (κ1) is 24.8. The third kappa shape index (κ3) is 5.58. The van der Waals surface area contributed by atoms with Crippen molar-refractivity contribution in [2.24, 2.45) is 0 Å². The highest BCUT2D eigenvalue weighted by atomic mass is 35.5. The number of hydrogen-bond donors (Lipinski definition) is 2. The van der Waals surface area contributed by atoms with Gasteiger partial charge in [0.1, 0.15) is 5.69 Å². The van der Waals surface area contributed by atoms with Crippen LogP contribution in [0.3, 0.4) is 0 Å². The van der Waals surface area contributed by atoms with Gasteiger partial charge in [0, 0.05) is 23.3 Å². The van der Waals surface area contributed by atoms with Crippen LogP contribution in [0, 0.1) is 0 Å². The molecule has 0 saturated heterocycles. The Hall–Kier alpha value is -2.82. The zero-order chi connectivity index (χ0) is 24.5. The van der Waals surface area contributed by atoms with Crippen molar-refractivity contribution in [1.82, 2.24) is 20.1 Å². The molecular formula is C20H15Cl3F3N5O2. The van der Waals surface area contributed by atoms with Gasteiger partial charge < -0.3 is 10.6 Å². The summed E-state index contributed by atoms with van der Waals surface area (Å²) in [6, 6.07) is 5.68. The summed E-state index contributed by atoms with van der Waals surface area (Å²) in [7, 11) is 0. The Morgan fingerprint density at radius 2 is 1.76 bits per heavy atom. The van der Waals surface area contributed by atoms with Crippen molar-refractivity contribution in [1.29, 1.82) is 0 Å². The molecule has 0 radical (unpaired) electrons. The molecular weight excluding hydrogens is 506 g/mol. The van der Waals surface area contributed by atoms with Gasteiger partial charge in [-0.2, -0.15) is 18.3 Å². The number of alkyl halides is 3. The van der Waals surface area contributed by atoms with E-state index in [1.807, 2.05) is 0 Å². The fraction of sp³-hybridized carbons (Fsp3) is 0.200. The van der Waals surface area contributed by atoms with Crippen LogP contribution in [0.4, 0.5) is 18.9 Å². The molecule has 3 rings (SSSR count). The van der Waals surface area contributed by atoms with Gasteiger partial charge in [0.2, 0.25) is 0 Å². The molecule has 7 nitrogen and oxygen atoms in total. The molecule has 33 heavy (non-hydrogen) atoms. The van der Waals surface area contributed by atoms with E-state index in [2.05, 4.69) is 20.7 Å². The van der Waals surface area contributed by atoms with Gasteiger partial charge in [-0.3, -0.25) is 9.59 Å². The quantitative estimate of drug-likeness (QED) is 0.456. The summed E-state index contributed by atoms with van der Waals surface area (Å²) in [5, 5.41) is 8.47. The van der Waals surface area contributed by atoms with Crippen LogP contribution >= 0.6 is 34.8 Å². The maximum Gasteiger partial charge on any atom is 0.435 e. The van der Waals surface area contributed by atoms with Crippen LogP contribution in [0.25, 0.3) is 5.82 Å². The lowest BCUT2D eigenvalue weighted by Gasteiger charge is -2.15. The Balaban J connectivity index is 2.10. The molecule has 0 unspecified atom stereocenters. The second-order valence-corrected chi connectivity index (χ2v) is 8.28. The Morgan fingerprint density at radius 3 is 2.36 bits per heavy atom. The summed E-state index contributed by atoms with van der Waals surface area (Å²) in [4.78, 5) is 29.6. The molecule has 2 N–H and O–H groups in total. The van der Waals surface area contributed by atoms with E-state index in [4.69, 9.17) is 34.8 Å². The lowest BCUT2D eigenvalue weighted by Crippen LogP contribution is -2.31. The number of anilines is 1. The van der Waals surface area contributed by atoms with Crippen molar-refractivity contribution in [2.45, 2.75) is 26.1 Å². The first-order valence-corrected chi connectivity index (χ1v) is 10.4. The Labute approximate surface area is 200 Å². The minimum Gasteiger partial charge on any atom is -0.350 e. The molecule has 0 fully saturated rings. The summed E-state index contributed by atoms with van der Waals surface area (Å²) >= 11 is 18.2. The molecule has 1 aromatic carbocycles. The van der Waals surface area contributed by atoms with Crippen LogP contribution in [0.1, 0.15) is 40.4 Å². The van der Waals surface area contributed by atoms with E-state index >= 15 is 0 Å². The van der Waals surface area contributed by atoms with Crippen LogP contribution in [0.15, 0.2) is 36.5 Å². The van der Waals surface area contributed by atoms with Crippen LogP contribution in [-0.4, -0.2) is 32.6 Å². The maximum atomic E-state index is 13.3. The molecule has 13 heteroatoms. The second-order valence-electron chi connectivity index (χ2n) is 7.03. The van der Waals surface area contributed by atoms with Gasteiger partial charge in [-0.25, -0.2) is 9.67 Å². The minimum atomic E-state index is -4.85. The SMILES string of the molecule is CC(C)NC(=O)c1cc(Cl)cc(Cl)c1NC(=O)c1cc(C(F)(F)F)nn1-c1ncccc1Cl. The zero-order valence-corrected chi connectivity index (χ0v) is 19.2.